The number of carbonyl (C=O) groups excluding carboxylic acids is 1. The number of aromatic hydroxyl groups is 1. The van der Waals surface area contributed by atoms with Gasteiger partial charge >= 0.3 is 5.69 Å². The van der Waals surface area contributed by atoms with Crippen molar-refractivity contribution >= 4 is 11.6 Å². The second-order valence-corrected chi connectivity index (χ2v) is 5.10. The van der Waals surface area contributed by atoms with E-state index >= 15 is 0 Å². The summed E-state index contributed by atoms with van der Waals surface area (Å²) in [6, 6.07) is 3.49. The molecule has 0 unspecified atom stereocenters. The van der Waals surface area contributed by atoms with Crippen molar-refractivity contribution in [2.45, 2.75) is 37.8 Å². The molecule has 1 aromatic rings. The van der Waals surface area contributed by atoms with Gasteiger partial charge in [-0.2, -0.15) is 0 Å². The molecule has 1 saturated carbocycles. The van der Waals surface area contributed by atoms with Crippen LogP contribution < -0.4 is 5.32 Å². The summed E-state index contributed by atoms with van der Waals surface area (Å²) in [6.07, 6.45) is 3.81. The lowest BCUT2D eigenvalue weighted by molar-refractivity contribution is -0.385. The maximum absolute atomic E-state index is 12.2. The molecular formula is C14H18N2O5. The lowest BCUT2D eigenvalue weighted by Crippen LogP contribution is -2.45. The Morgan fingerprint density at radius 2 is 2.14 bits per heavy atom. The van der Waals surface area contributed by atoms with Crippen LogP contribution in [0, 0.1) is 10.1 Å². The van der Waals surface area contributed by atoms with E-state index in [1.165, 1.54) is 6.07 Å². The summed E-state index contributed by atoms with van der Waals surface area (Å²) in [4.78, 5) is 22.1. The second kappa shape index (κ2) is 6.53. The van der Waals surface area contributed by atoms with Gasteiger partial charge < -0.3 is 15.2 Å². The van der Waals surface area contributed by atoms with Crippen molar-refractivity contribution in [1.82, 2.24) is 5.32 Å². The molecule has 7 nitrogen and oxygen atoms in total. The molecule has 0 radical (unpaired) electrons. The highest BCUT2D eigenvalue weighted by Crippen LogP contribution is 2.27. The van der Waals surface area contributed by atoms with Gasteiger partial charge in [0, 0.05) is 18.7 Å². The molecule has 0 aromatic heterocycles. The minimum Gasteiger partial charge on any atom is -0.502 e. The fraction of sp³-hybridized carbons (Fsp3) is 0.500. The molecule has 2 rings (SSSR count). The Bertz CT molecular complexity index is 546. The SMILES string of the molecule is CO[C@@H]1CCCC[C@@H]1NC(=O)c1ccc([N+](=O)[O-])c(O)c1. The highest BCUT2D eigenvalue weighted by atomic mass is 16.6. The van der Waals surface area contributed by atoms with E-state index in [4.69, 9.17) is 4.74 Å². The number of phenols is 1. The van der Waals surface area contributed by atoms with Gasteiger partial charge in [0.15, 0.2) is 5.75 Å². The third kappa shape index (κ3) is 3.49. The number of phenolic OH excluding ortho intramolecular Hbond substituents is 1. The maximum atomic E-state index is 12.2. The summed E-state index contributed by atoms with van der Waals surface area (Å²) in [5, 5.41) is 23.1. The number of rotatable bonds is 4. The van der Waals surface area contributed by atoms with Gasteiger partial charge in [-0.3, -0.25) is 14.9 Å². The number of nitrogens with one attached hydrogen (secondary N) is 1. The van der Waals surface area contributed by atoms with E-state index in [0.717, 1.165) is 37.8 Å². The van der Waals surface area contributed by atoms with Gasteiger partial charge in [-0.15, -0.1) is 0 Å². The first-order chi connectivity index (χ1) is 10.0. The molecule has 2 N–H and O–H groups in total. The monoisotopic (exact) mass is 294 g/mol. The van der Waals surface area contributed by atoms with Crippen molar-refractivity contribution in [3.05, 3.63) is 33.9 Å². The predicted octanol–water partition coefficient (Wildman–Crippen LogP) is 1.99. The van der Waals surface area contributed by atoms with E-state index in [2.05, 4.69) is 5.32 Å². The number of carbonyl (C=O) groups is 1. The van der Waals surface area contributed by atoms with Crippen molar-refractivity contribution in [2.24, 2.45) is 0 Å². The maximum Gasteiger partial charge on any atom is 0.310 e. The van der Waals surface area contributed by atoms with E-state index in [0.29, 0.717) is 0 Å². The molecule has 1 aromatic carbocycles. The number of methoxy groups -OCH3 is 1. The van der Waals surface area contributed by atoms with Crippen LogP contribution in [0.5, 0.6) is 5.75 Å². The van der Waals surface area contributed by atoms with Gasteiger partial charge in [-0.25, -0.2) is 0 Å². The smallest absolute Gasteiger partial charge is 0.310 e. The van der Waals surface area contributed by atoms with Gasteiger partial charge in [0.2, 0.25) is 0 Å². The van der Waals surface area contributed by atoms with Crippen LogP contribution >= 0.6 is 0 Å². The Morgan fingerprint density at radius 1 is 1.43 bits per heavy atom. The summed E-state index contributed by atoms with van der Waals surface area (Å²) in [6.45, 7) is 0. The standard InChI is InChI=1S/C14H18N2O5/c1-21-13-5-3-2-4-10(13)15-14(18)9-6-7-11(16(19)20)12(17)8-9/h6-8,10,13,17H,2-5H2,1H3,(H,15,18)/t10-,13+/m0/s1. The van der Waals surface area contributed by atoms with E-state index in [1.54, 1.807) is 7.11 Å². The summed E-state index contributed by atoms with van der Waals surface area (Å²) in [5.41, 5.74) is -0.225. The molecule has 21 heavy (non-hydrogen) atoms. The van der Waals surface area contributed by atoms with Gasteiger partial charge in [0.05, 0.1) is 17.1 Å². The average Bonchev–Trinajstić information content (AvgIpc) is 2.47. The molecule has 114 valence electrons. The Morgan fingerprint density at radius 3 is 2.76 bits per heavy atom. The first-order valence-corrected chi connectivity index (χ1v) is 6.84. The van der Waals surface area contributed by atoms with Crippen LogP contribution in [0.4, 0.5) is 5.69 Å². The third-order valence-electron chi connectivity index (χ3n) is 3.76. The average molecular weight is 294 g/mol. The van der Waals surface area contributed by atoms with E-state index in [-0.39, 0.29) is 23.6 Å². The molecule has 2 atom stereocenters. The van der Waals surface area contributed by atoms with Gasteiger partial charge in [0.1, 0.15) is 0 Å². The number of hydrogen-bond acceptors (Lipinski definition) is 5. The fourth-order valence-electron chi connectivity index (χ4n) is 2.61. The van der Waals surface area contributed by atoms with Crippen LogP contribution in [0.3, 0.4) is 0 Å². The molecular weight excluding hydrogens is 276 g/mol. The van der Waals surface area contributed by atoms with Crippen LogP contribution in [0.1, 0.15) is 36.0 Å². The van der Waals surface area contributed by atoms with Crippen molar-refractivity contribution < 1.29 is 19.6 Å². The molecule has 0 spiro atoms. The van der Waals surface area contributed by atoms with E-state index in [1.807, 2.05) is 0 Å². The normalized spacial score (nSPS) is 21.8. The van der Waals surface area contributed by atoms with Crippen molar-refractivity contribution in [1.29, 1.82) is 0 Å². The third-order valence-corrected chi connectivity index (χ3v) is 3.76. The second-order valence-electron chi connectivity index (χ2n) is 5.10. The number of ether oxygens (including phenoxy) is 1. The minimum atomic E-state index is -0.695. The predicted molar refractivity (Wildman–Crippen MR) is 75.3 cm³/mol. The molecule has 0 saturated heterocycles. The highest BCUT2D eigenvalue weighted by Gasteiger charge is 2.27. The zero-order valence-corrected chi connectivity index (χ0v) is 11.7. The van der Waals surface area contributed by atoms with Crippen LogP contribution in [0.25, 0.3) is 0 Å². The molecule has 7 heteroatoms. The Balaban J connectivity index is 2.09. The van der Waals surface area contributed by atoms with Gasteiger partial charge in [0.25, 0.3) is 5.91 Å². The van der Waals surface area contributed by atoms with E-state index in [9.17, 15) is 20.0 Å². The quantitative estimate of drug-likeness (QED) is 0.653. The van der Waals surface area contributed by atoms with Crippen LogP contribution in [0.15, 0.2) is 18.2 Å². The minimum absolute atomic E-state index is 0.0191. The van der Waals surface area contributed by atoms with Crippen molar-refractivity contribution in [3.63, 3.8) is 0 Å². The number of nitrogens with zero attached hydrogens (tertiary/aromatic N) is 1. The van der Waals surface area contributed by atoms with Crippen LogP contribution in [-0.2, 0) is 4.74 Å². The molecule has 0 heterocycles. The molecule has 0 aliphatic heterocycles. The van der Waals surface area contributed by atoms with Gasteiger partial charge in [-0.1, -0.05) is 12.8 Å². The first-order valence-electron chi connectivity index (χ1n) is 6.84. The summed E-state index contributed by atoms with van der Waals surface area (Å²) >= 11 is 0. The number of nitro groups is 1. The lowest BCUT2D eigenvalue weighted by Gasteiger charge is -2.31. The molecule has 0 bridgehead atoms. The zero-order chi connectivity index (χ0) is 15.4. The Labute approximate surface area is 122 Å². The Hall–Kier alpha value is -2.15. The molecule has 1 fully saturated rings. The van der Waals surface area contributed by atoms with Gasteiger partial charge in [-0.05, 0) is 25.0 Å². The lowest BCUT2D eigenvalue weighted by atomic mass is 9.92. The van der Waals surface area contributed by atoms with E-state index < -0.39 is 16.4 Å². The largest absolute Gasteiger partial charge is 0.502 e. The number of nitro benzene ring substituents is 1. The highest BCUT2D eigenvalue weighted by molar-refractivity contribution is 5.95. The van der Waals surface area contributed by atoms with Crippen molar-refractivity contribution in [2.75, 3.05) is 7.11 Å². The molecule has 1 aliphatic rings. The van der Waals surface area contributed by atoms with Crippen molar-refractivity contribution in [3.8, 4) is 5.75 Å². The number of benzene rings is 1. The zero-order valence-electron chi connectivity index (χ0n) is 11.7. The first kappa shape index (κ1) is 15.2. The molecule has 1 amide bonds. The number of amides is 1. The summed E-state index contributed by atoms with van der Waals surface area (Å²) in [5.74, 6) is -0.881. The summed E-state index contributed by atoms with van der Waals surface area (Å²) < 4.78 is 5.36. The summed E-state index contributed by atoms with van der Waals surface area (Å²) in [7, 11) is 1.62. The molecule has 1 aliphatic carbocycles. The number of hydrogen-bond donors (Lipinski definition) is 2. The topological polar surface area (TPSA) is 102 Å². The van der Waals surface area contributed by atoms with Crippen LogP contribution in [0.2, 0.25) is 0 Å². The Kier molecular flexibility index (Phi) is 4.74. The van der Waals surface area contributed by atoms with Crippen LogP contribution in [-0.4, -0.2) is 35.2 Å². The fourth-order valence-corrected chi connectivity index (χ4v) is 2.61.